The summed E-state index contributed by atoms with van der Waals surface area (Å²) in [4.78, 5) is 37.0. The molecule has 1 aromatic carbocycles. The summed E-state index contributed by atoms with van der Waals surface area (Å²) in [5.41, 5.74) is 6.62. The van der Waals surface area contributed by atoms with E-state index in [-0.39, 0.29) is 5.91 Å². The van der Waals surface area contributed by atoms with E-state index in [2.05, 4.69) is 9.97 Å². The first kappa shape index (κ1) is 17.8. The number of carbonyl (C=O) groups excluding carboxylic acids is 2. The average Bonchev–Trinajstić information content (AvgIpc) is 3.28. The van der Waals surface area contributed by atoms with Crippen LogP contribution in [0.3, 0.4) is 0 Å². The number of carbonyl (C=O) groups is 2. The molecular formula is C22H22N4O3. The van der Waals surface area contributed by atoms with Gasteiger partial charge >= 0.3 is 0 Å². The first-order valence-corrected chi connectivity index (χ1v) is 9.93. The summed E-state index contributed by atoms with van der Waals surface area (Å²) in [6.45, 7) is 1.42. The summed E-state index contributed by atoms with van der Waals surface area (Å²) in [6, 6.07) is 9.06. The van der Waals surface area contributed by atoms with E-state index >= 15 is 0 Å². The van der Waals surface area contributed by atoms with Crippen molar-refractivity contribution in [3.63, 3.8) is 0 Å². The molecule has 7 nitrogen and oxygen atoms in total. The minimum Gasteiger partial charge on any atom is -0.443 e. The molecule has 3 heterocycles. The molecule has 1 aliphatic carbocycles. The molecule has 2 unspecified atom stereocenters. The van der Waals surface area contributed by atoms with Crippen LogP contribution in [0.2, 0.25) is 0 Å². The van der Waals surface area contributed by atoms with Gasteiger partial charge in [0.2, 0.25) is 11.8 Å². The molecule has 0 bridgehead atoms. The lowest BCUT2D eigenvalue weighted by Gasteiger charge is -2.33. The number of nitrogens with two attached hydrogens (primary N) is 1. The predicted octanol–water partition coefficient (Wildman–Crippen LogP) is 2.30. The molecule has 0 radical (unpaired) electrons. The van der Waals surface area contributed by atoms with Crippen LogP contribution in [-0.2, 0) is 20.4 Å². The van der Waals surface area contributed by atoms with Gasteiger partial charge in [-0.3, -0.25) is 14.6 Å². The van der Waals surface area contributed by atoms with Gasteiger partial charge in [-0.2, -0.15) is 0 Å². The van der Waals surface area contributed by atoms with Crippen LogP contribution in [0.5, 0.6) is 0 Å². The maximum absolute atomic E-state index is 13.9. The highest BCUT2D eigenvalue weighted by molar-refractivity contribution is 6.07. The van der Waals surface area contributed by atoms with E-state index in [0.29, 0.717) is 36.2 Å². The third kappa shape index (κ3) is 2.43. The van der Waals surface area contributed by atoms with E-state index in [1.165, 1.54) is 6.39 Å². The van der Waals surface area contributed by atoms with Crippen LogP contribution in [0.4, 0.5) is 0 Å². The van der Waals surface area contributed by atoms with Crippen molar-refractivity contribution in [3.8, 4) is 0 Å². The summed E-state index contributed by atoms with van der Waals surface area (Å²) < 4.78 is 5.33. The number of hydrogen-bond acceptors (Lipinski definition) is 5. The van der Waals surface area contributed by atoms with Crippen molar-refractivity contribution in [1.29, 1.82) is 0 Å². The molecule has 2 N–H and O–H groups in total. The fourth-order valence-electron chi connectivity index (χ4n) is 5.00. The van der Waals surface area contributed by atoms with Crippen LogP contribution in [-0.4, -0.2) is 39.8 Å². The van der Waals surface area contributed by atoms with Gasteiger partial charge in [-0.25, -0.2) is 4.98 Å². The van der Waals surface area contributed by atoms with Crippen molar-refractivity contribution >= 4 is 22.9 Å². The fraction of sp³-hybridized carbons (Fsp3) is 0.364. The number of piperidine rings is 1. The molecule has 148 valence electrons. The second kappa shape index (κ2) is 6.40. The number of rotatable bonds is 4. The summed E-state index contributed by atoms with van der Waals surface area (Å²) in [5, 5.41) is 0. The smallest absolute Gasteiger partial charge is 0.234 e. The zero-order chi connectivity index (χ0) is 20.1. The van der Waals surface area contributed by atoms with E-state index in [1.807, 2.05) is 29.2 Å². The number of benzene rings is 1. The van der Waals surface area contributed by atoms with Crippen LogP contribution in [0.25, 0.3) is 11.1 Å². The molecule has 1 saturated carbocycles. The van der Waals surface area contributed by atoms with E-state index in [1.54, 1.807) is 18.5 Å². The zero-order valence-corrected chi connectivity index (χ0v) is 16.0. The number of likely N-dealkylation sites (tertiary alicyclic amines) is 1. The van der Waals surface area contributed by atoms with Gasteiger partial charge in [0.25, 0.3) is 0 Å². The lowest BCUT2D eigenvalue weighted by atomic mass is 9.80. The SMILES string of the molecule is NC(=O)C1(c2ccc3ocnc3c2)CC1(C(=O)N1CCCCC1)c1ccncc1. The molecule has 1 aliphatic heterocycles. The normalized spacial score (nSPS) is 26.4. The Kier molecular flexibility index (Phi) is 3.94. The minimum atomic E-state index is -1.12. The van der Waals surface area contributed by atoms with Crippen LogP contribution < -0.4 is 5.73 Å². The van der Waals surface area contributed by atoms with Gasteiger partial charge in [-0.1, -0.05) is 6.07 Å². The van der Waals surface area contributed by atoms with Gasteiger partial charge in [0.15, 0.2) is 12.0 Å². The molecule has 0 spiro atoms. The van der Waals surface area contributed by atoms with Gasteiger partial charge in [-0.15, -0.1) is 0 Å². The standard InChI is InChI=1S/C22H22N4O3/c23-19(27)21(16-4-5-18-17(12-16)25-14-29-18)13-22(21,15-6-8-24-9-7-15)20(28)26-10-2-1-3-11-26/h4-9,12,14H,1-3,10-11,13H2,(H2,23,27). The van der Waals surface area contributed by atoms with Crippen molar-refractivity contribution < 1.29 is 14.0 Å². The first-order chi connectivity index (χ1) is 14.1. The molecule has 5 rings (SSSR count). The monoisotopic (exact) mass is 390 g/mol. The van der Waals surface area contributed by atoms with Gasteiger partial charge in [0.05, 0.1) is 10.8 Å². The van der Waals surface area contributed by atoms with E-state index in [9.17, 15) is 9.59 Å². The molecule has 7 heteroatoms. The number of primary amides is 1. The predicted molar refractivity (Wildman–Crippen MR) is 106 cm³/mol. The van der Waals surface area contributed by atoms with Crippen LogP contribution in [0.1, 0.15) is 36.8 Å². The molecule has 29 heavy (non-hydrogen) atoms. The summed E-state index contributed by atoms with van der Waals surface area (Å²) in [7, 11) is 0. The summed E-state index contributed by atoms with van der Waals surface area (Å²) in [6.07, 6.45) is 8.11. The summed E-state index contributed by atoms with van der Waals surface area (Å²) >= 11 is 0. The topological polar surface area (TPSA) is 102 Å². The van der Waals surface area contributed by atoms with Crippen LogP contribution in [0.15, 0.2) is 53.5 Å². The van der Waals surface area contributed by atoms with Gasteiger partial charge in [0, 0.05) is 25.5 Å². The van der Waals surface area contributed by atoms with Crippen molar-refractivity contribution in [1.82, 2.24) is 14.9 Å². The first-order valence-electron chi connectivity index (χ1n) is 9.93. The number of amides is 2. The molecule has 2 fully saturated rings. The largest absolute Gasteiger partial charge is 0.443 e. The zero-order valence-electron chi connectivity index (χ0n) is 16.0. The minimum absolute atomic E-state index is 0.0255. The lowest BCUT2D eigenvalue weighted by molar-refractivity contribution is -0.137. The van der Waals surface area contributed by atoms with Gasteiger partial charge < -0.3 is 15.1 Å². The highest BCUT2D eigenvalue weighted by atomic mass is 16.3. The second-order valence-electron chi connectivity index (χ2n) is 7.98. The molecule has 2 aliphatic rings. The third-order valence-corrected chi connectivity index (χ3v) is 6.56. The van der Waals surface area contributed by atoms with Crippen molar-refractivity contribution in [3.05, 3.63) is 60.2 Å². The lowest BCUT2D eigenvalue weighted by Crippen LogP contribution is -2.48. The Morgan fingerprint density at radius 2 is 1.76 bits per heavy atom. The third-order valence-electron chi connectivity index (χ3n) is 6.56. The Morgan fingerprint density at radius 1 is 1.00 bits per heavy atom. The molecule has 2 aromatic heterocycles. The van der Waals surface area contributed by atoms with Gasteiger partial charge in [-0.05, 0) is 61.1 Å². The van der Waals surface area contributed by atoms with E-state index in [0.717, 1.165) is 24.8 Å². The number of oxazole rings is 1. The Labute approximate surface area is 167 Å². The van der Waals surface area contributed by atoms with E-state index < -0.39 is 16.7 Å². The average molecular weight is 390 g/mol. The molecule has 2 amide bonds. The highest BCUT2D eigenvalue weighted by Gasteiger charge is 2.77. The number of nitrogens with zero attached hydrogens (tertiary/aromatic N) is 3. The number of hydrogen-bond donors (Lipinski definition) is 1. The van der Waals surface area contributed by atoms with E-state index in [4.69, 9.17) is 10.2 Å². The Bertz CT molecular complexity index is 1090. The quantitative estimate of drug-likeness (QED) is 0.736. The molecule has 3 aromatic rings. The number of aromatic nitrogens is 2. The Hall–Kier alpha value is -3.22. The molecular weight excluding hydrogens is 368 g/mol. The van der Waals surface area contributed by atoms with Gasteiger partial charge in [0.1, 0.15) is 5.52 Å². The van der Waals surface area contributed by atoms with Crippen LogP contribution in [0, 0.1) is 0 Å². The Balaban J connectivity index is 1.68. The van der Waals surface area contributed by atoms with Crippen molar-refractivity contribution in [2.45, 2.75) is 36.5 Å². The molecule has 1 saturated heterocycles. The maximum atomic E-state index is 13.9. The van der Waals surface area contributed by atoms with Crippen molar-refractivity contribution in [2.75, 3.05) is 13.1 Å². The second-order valence-corrected chi connectivity index (χ2v) is 7.98. The van der Waals surface area contributed by atoms with Crippen LogP contribution >= 0.6 is 0 Å². The summed E-state index contributed by atoms with van der Waals surface area (Å²) in [5.74, 6) is -0.523. The number of fused-ring (bicyclic) bond motifs is 1. The van der Waals surface area contributed by atoms with Crippen molar-refractivity contribution in [2.24, 2.45) is 5.73 Å². The number of pyridine rings is 1. The molecule has 2 atom stereocenters. The fourth-order valence-corrected chi connectivity index (χ4v) is 5.00. The maximum Gasteiger partial charge on any atom is 0.234 e. The highest BCUT2D eigenvalue weighted by Crippen LogP contribution is 2.66. The Morgan fingerprint density at radius 3 is 2.48 bits per heavy atom.